The van der Waals surface area contributed by atoms with E-state index in [0.29, 0.717) is 66.2 Å². The number of benzene rings is 2. The van der Waals surface area contributed by atoms with Crippen molar-refractivity contribution >= 4 is 29.6 Å². The van der Waals surface area contributed by atoms with E-state index in [2.05, 4.69) is 6.92 Å². The van der Waals surface area contributed by atoms with Crippen molar-refractivity contribution in [2.24, 2.45) is 10.9 Å². The van der Waals surface area contributed by atoms with E-state index in [1.165, 1.54) is 0 Å². The van der Waals surface area contributed by atoms with Gasteiger partial charge in [-0.2, -0.15) is 0 Å². The van der Waals surface area contributed by atoms with Crippen LogP contribution in [0.4, 0.5) is 4.39 Å². The fourth-order valence-electron chi connectivity index (χ4n) is 5.86. The molecule has 0 aliphatic carbocycles. The van der Waals surface area contributed by atoms with E-state index >= 15 is 0 Å². The van der Waals surface area contributed by atoms with Crippen molar-refractivity contribution < 1.29 is 23.5 Å². The Bertz CT molecular complexity index is 1440. The Labute approximate surface area is 246 Å². The first-order chi connectivity index (χ1) is 19.5. The second-order valence-corrected chi connectivity index (χ2v) is 12.3. The maximum Gasteiger partial charge on any atom is 0.272 e. The van der Waals surface area contributed by atoms with E-state index in [1.807, 2.05) is 44.0 Å². The lowest BCUT2D eigenvalue weighted by Crippen LogP contribution is -2.62. The number of carbonyl (C=O) groups excluding carboxylic acids is 2. The first kappa shape index (κ1) is 29.1. The van der Waals surface area contributed by atoms with E-state index in [-0.39, 0.29) is 29.5 Å². The summed E-state index contributed by atoms with van der Waals surface area (Å²) in [4.78, 5) is 35.6. The monoisotopic (exact) mass is 581 g/mol. The fraction of sp³-hybridized carbons (Fsp3) is 0.469. The molecule has 3 aliphatic rings. The number of fused-ring (bicyclic) bond motifs is 1. The second kappa shape index (κ2) is 11.5. The van der Waals surface area contributed by atoms with E-state index in [9.17, 15) is 14.0 Å². The summed E-state index contributed by atoms with van der Waals surface area (Å²) in [6, 6.07) is 8.66. The highest BCUT2D eigenvalue weighted by molar-refractivity contribution is 6.32. The molecule has 2 atom stereocenters. The summed E-state index contributed by atoms with van der Waals surface area (Å²) in [7, 11) is 0. The molecule has 41 heavy (non-hydrogen) atoms. The molecule has 0 aromatic heterocycles. The molecule has 7 nitrogen and oxygen atoms in total. The number of aryl methyl sites for hydroxylation is 1. The zero-order valence-electron chi connectivity index (χ0n) is 24.3. The largest absolute Gasteiger partial charge is 0.486 e. The Morgan fingerprint density at radius 1 is 1.10 bits per heavy atom. The number of hydrogen-bond donors (Lipinski definition) is 0. The molecule has 5 rings (SSSR count). The minimum absolute atomic E-state index is 0.0659. The zero-order valence-corrected chi connectivity index (χ0v) is 25.1. The maximum absolute atomic E-state index is 14.2. The van der Waals surface area contributed by atoms with Crippen molar-refractivity contribution in [3.8, 4) is 11.5 Å². The van der Waals surface area contributed by atoms with Gasteiger partial charge in [-0.15, -0.1) is 0 Å². The molecule has 0 bridgehead atoms. The van der Waals surface area contributed by atoms with Gasteiger partial charge in [0.2, 0.25) is 0 Å². The van der Waals surface area contributed by atoms with Crippen molar-refractivity contribution in [3.63, 3.8) is 0 Å². The SMILES string of the molecule is CC1=C(C(=O)N2CCN(C(=O)c3cc(Cl)c4c(c3)OCCO4)CC2(C)C)N=CC(C(C)c2ccc(C)c(F)c2)CC1. The van der Waals surface area contributed by atoms with Crippen LogP contribution in [0.2, 0.25) is 5.02 Å². The van der Waals surface area contributed by atoms with Crippen molar-refractivity contribution in [2.45, 2.75) is 58.9 Å². The molecular formula is C32H37ClFN3O4. The Kier molecular flexibility index (Phi) is 8.15. The predicted octanol–water partition coefficient (Wildman–Crippen LogP) is 6.18. The van der Waals surface area contributed by atoms with Gasteiger partial charge in [0.15, 0.2) is 11.5 Å². The van der Waals surface area contributed by atoms with Crippen LogP contribution in [0.25, 0.3) is 0 Å². The number of hydrogen-bond acceptors (Lipinski definition) is 5. The van der Waals surface area contributed by atoms with E-state index in [0.717, 1.165) is 24.0 Å². The summed E-state index contributed by atoms with van der Waals surface area (Å²) >= 11 is 6.38. The molecule has 3 heterocycles. The Morgan fingerprint density at radius 2 is 1.85 bits per heavy atom. The lowest BCUT2D eigenvalue weighted by atomic mass is 9.84. The lowest BCUT2D eigenvalue weighted by molar-refractivity contribution is -0.135. The van der Waals surface area contributed by atoms with Gasteiger partial charge in [-0.3, -0.25) is 14.6 Å². The highest BCUT2D eigenvalue weighted by atomic mass is 35.5. The highest BCUT2D eigenvalue weighted by Crippen LogP contribution is 2.39. The van der Waals surface area contributed by atoms with Gasteiger partial charge in [-0.1, -0.05) is 30.7 Å². The van der Waals surface area contributed by atoms with Crippen LogP contribution in [0, 0.1) is 18.7 Å². The third kappa shape index (κ3) is 5.85. The molecule has 0 spiro atoms. The van der Waals surface area contributed by atoms with Crippen molar-refractivity contribution in [3.05, 3.63) is 69.1 Å². The number of rotatable bonds is 4. The standard InChI is InChI=1S/C32H37ClFN3O4/c1-19-6-8-22(15-26(19)34)21(3)23-9-7-20(2)28(35-17-23)31(39)37-11-10-36(18-32(37,4)5)30(38)24-14-25(33)29-27(16-24)40-12-13-41-29/h6,8,14-17,21,23H,7,9-13,18H2,1-5H3. The summed E-state index contributed by atoms with van der Waals surface area (Å²) in [5.41, 5.74) is 2.76. The zero-order chi connectivity index (χ0) is 29.5. The van der Waals surface area contributed by atoms with Crippen LogP contribution in [0.1, 0.15) is 67.9 Å². The van der Waals surface area contributed by atoms with Gasteiger partial charge in [-0.25, -0.2) is 4.39 Å². The van der Waals surface area contributed by atoms with Crippen LogP contribution in [0.5, 0.6) is 11.5 Å². The molecule has 1 saturated heterocycles. The van der Waals surface area contributed by atoms with Gasteiger partial charge in [-0.05, 0) is 81.4 Å². The quantitative estimate of drug-likeness (QED) is 0.432. The summed E-state index contributed by atoms with van der Waals surface area (Å²) in [5.74, 6) is 0.564. The Hall–Kier alpha value is -3.39. The minimum Gasteiger partial charge on any atom is -0.486 e. The van der Waals surface area contributed by atoms with Crippen LogP contribution in [-0.4, -0.2) is 66.2 Å². The average molecular weight is 582 g/mol. The normalized spacial score (nSPS) is 21.0. The summed E-state index contributed by atoms with van der Waals surface area (Å²) in [6.45, 7) is 11.7. The van der Waals surface area contributed by atoms with E-state index in [1.54, 1.807) is 30.0 Å². The van der Waals surface area contributed by atoms with Gasteiger partial charge in [0.25, 0.3) is 11.8 Å². The van der Waals surface area contributed by atoms with Gasteiger partial charge in [0.05, 0.1) is 10.6 Å². The van der Waals surface area contributed by atoms with Crippen LogP contribution >= 0.6 is 11.6 Å². The first-order valence-electron chi connectivity index (χ1n) is 14.2. The summed E-state index contributed by atoms with van der Waals surface area (Å²) in [5, 5.41) is 0.340. The van der Waals surface area contributed by atoms with Gasteiger partial charge >= 0.3 is 0 Å². The smallest absolute Gasteiger partial charge is 0.272 e. The molecule has 9 heteroatoms. The molecular weight excluding hydrogens is 545 g/mol. The maximum atomic E-state index is 14.2. The van der Waals surface area contributed by atoms with Crippen LogP contribution in [-0.2, 0) is 4.79 Å². The molecule has 0 N–H and O–H groups in total. The predicted molar refractivity (Wildman–Crippen MR) is 158 cm³/mol. The molecule has 2 aromatic rings. The number of piperazine rings is 1. The molecule has 3 aliphatic heterocycles. The van der Waals surface area contributed by atoms with Crippen LogP contribution in [0.15, 0.2) is 46.6 Å². The molecule has 2 aromatic carbocycles. The average Bonchev–Trinajstić information content (AvgIpc) is 3.14. The minimum atomic E-state index is -0.621. The third-order valence-corrected chi connectivity index (χ3v) is 8.78. The third-order valence-electron chi connectivity index (χ3n) is 8.50. The molecule has 0 saturated carbocycles. The number of ether oxygens (including phenoxy) is 2. The topological polar surface area (TPSA) is 71.4 Å². The molecule has 0 radical (unpaired) electrons. The number of aliphatic imine (C=N–C) groups is 1. The summed E-state index contributed by atoms with van der Waals surface area (Å²) < 4.78 is 25.4. The first-order valence-corrected chi connectivity index (χ1v) is 14.5. The van der Waals surface area contributed by atoms with Crippen molar-refractivity contribution in [1.29, 1.82) is 0 Å². The van der Waals surface area contributed by atoms with Crippen molar-refractivity contribution in [2.75, 3.05) is 32.8 Å². The molecule has 2 amide bonds. The number of allylic oxidation sites excluding steroid dienone is 1. The summed E-state index contributed by atoms with van der Waals surface area (Å²) in [6.07, 6.45) is 3.42. The highest BCUT2D eigenvalue weighted by Gasteiger charge is 2.40. The molecule has 218 valence electrons. The van der Waals surface area contributed by atoms with E-state index < -0.39 is 5.54 Å². The Balaban J connectivity index is 1.29. The number of amides is 2. The van der Waals surface area contributed by atoms with Crippen LogP contribution in [0.3, 0.4) is 0 Å². The van der Waals surface area contributed by atoms with Gasteiger partial charge < -0.3 is 19.3 Å². The molecule has 1 fully saturated rings. The second-order valence-electron chi connectivity index (χ2n) is 11.9. The lowest BCUT2D eigenvalue weighted by Gasteiger charge is -2.47. The van der Waals surface area contributed by atoms with Gasteiger partial charge in [0, 0.05) is 37.3 Å². The van der Waals surface area contributed by atoms with E-state index in [4.69, 9.17) is 26.1 Å². The number of carbonyl (C=O) groups is 2. The van der Waals surface area contributed by atoms with Crippen molar-refractivity contribution in [1.82, 2.24) is 9.80 Å². The number of nitrogens with zero attached hydrogens (tertiary/aromatic N) is 3. The molecule has 2 unspecified atom stereocenters. The van der Waals surface area contributed by atoms with Crippen LogP contribution < -0.4 is 9.47 Å². The fourth-order valence-corrected chi connectivity index (χ4v) is 6.13. The number of halogens is 2. The Morgan fingerprint density at radius 3 is 2.59 bits per heavy atom. The van der Waals surface area contributed by atoms with Gasteiger partial charge in [0.1, 0.15) is 24.7 Å².